The number of rotatable bonds is 2. The van der Waals surface area contributed by atoms with Crippen molar-refractivity contribution in [3.8, 4) is 0 Å². The van der Waals surface area contributed by atoms with Crippen LogP contribution in [0.3, 0.4) is 0 Å². The van der Waals surface area contributed by atoms with Crippen LogP contribution in [0, 0.1) is 0 Å². The molecule has 78 valence electrons. The molecule has 1 fully saturated rings. The molecule has 1 saturated heterocycles. The van der Waals surface area contributed by atoms with E-state index in [0.717, 1.165) is 0 Å². The van der Waals surface area contributed by atoms with E-state index in [-0.39, 0.29) is 12.5 Å². The van der Waals surface area contributed by atoms with Crippen molar-refractivity contribution in [2.45, 2.75) is 6.54 Å². The van der Waals surface area contributed by atoms with Crippen LogP contribution in [-0.2, 0) is 23.2 Å². The number of amides is 2. The van der Waals surface area contributed by atoms with Gasteiger partial charge in [-0.2, -0.15) is 5.10 Å². The fourth-order valence-corrected chi connectivity index (χ4v) is 1.05. The van der Waals surface area contributed by atoms with Crippen LogP contribution in [0.5, 0.6) is 0 Å². The topological polar surface area (TPSA) is 101 Å². The third-order valence-corrected chi connectivity index (χ3v) is 1.70. The molecule has 15 heavy (non-hydrogen) atoms. The van der Waals surface area contributed by atoms with Crippen LogP contribution in [0.4, 0.5) is 0 Å². The molecule has 8 nitrogen and oxygen atoms in total. The Morgan fingerprint density at radius 3 is 2.60 bits per heavy atom. The van der Waals surface area contributed by atoms with Gasteiger partial charge in [0.15, 0.2) is 5.82 Å². The summed E-state index contributed by atoms with van der Waals surface area (Å²) in [4.78, 5) is 29.4. The number of carbonyl (C=O) groups excluding carboxylic acids is 2. The number of aromatic nitrogens is 3. The van der Waals surface area contributed by atoms with E-state index in [0.29, 0.717) is 5.82 Å². The number of hydrogen-bond acceptors (Lipinski definition) is 5. The maximum Gasteiger partial charge on any atom is 0.316 e. The molecule has 0 atom stereocenters. The van der Waals surface area contributed by atoms with Crippen molar-refractivity contribution >= 4 is 17.8 Å². The SMILES string of the molecule is Cn1cnc(CN=C2NC(=O)C(=O)N2)n1. The van der Waals surface area contributed by atoms with Crippen molar-refractivity contribution in [3.05, 3.63) is 12.2 Å². The highest BCUT2D eigenvalue weighted by molar-refractivity contribution is 6.45. The second-order valence-corrected chi connectivity index (χ2v) is 2.91. The molecule has 0 unspecified atom stereocenters. The number of guanidine groups is 1. The molecule has 0 bridgehead atoms. The van der Waals surface area contributed by atoms with Crippen molar-refractivity contribution in [1.82, 2.24) is 25.4 Å². The highest BCUT2D eigenvalue weighted by Crippen LogP contribution is 1.92. The van der Waals surface area contributed by atoms with Crippen LogP contribution in [0.1, 0.15) is 5.82 Å². The van der Waals surface area contributed by atoms with Gasteiger partial charge in [-0.3, -0.25) is 24.9 Å². The van der Waals surface area contributed by atoms with E-state index in [9.17, 15) is 9.59 Å². The lowest BCUT2D eigenvalue weighted by molar-refractivity contribution is -0.135. The molecule has 2 amide bonds. The highest BCUT2D eigenvalue weighted by Gasteiger charge is 2.24. The van der Waals surface area contributed by atoms with Gasteiger partial charge in [0, 0.05) is 7.05 Å². The molecule has 1 aliphatic heterocycles. The average Bonchev–Trinajstić information content (AvgIpc) is 2.72. The minimum absolute atomic E-state index is 0.137. The van der Waals surface area contributed by atoms with Crippen molar-refractivity contribution in [2.24, 2.45) is 12.0 Å². The molecule has 0 saturated carbocycles. The van der Waals surface area contributed by atoms with E-state index < -0.39 is 11.8 Å². The third-order valence-electron chi connectivity index (χ3n) is 1.70. The van der Waals surface area contributed by atoms with Gasteiger partial charge in [-0.1, -0.05) is 0 Å². The van der Waals surface area contributed by atoms with Gasteiger partial charge in [0.2, 0.25) is 5.96 Å². The first-order valence-electron chi connectivity index (χ1n) is 4.16. The van der Waals surface area contributed by atoms with Crippen molar-refractivity contribution in [3.63, 3.8) is 0 Å². The maximum atomic E-state index is 10.8. The molecule has 2 rings (SSSR count). The molecule has 0 aliphatic carbocycles. The Bertz CT molecular complexity index is 430. The molecular formula is C7H8N6O2. The van der Waals surface area contributed by atoms with Crippen LogP contribution in [-0.4, -0.2) is 32.5 Å². The van der Waals surface area contributed by atoms with Crippen LogP contribution in [0.15, 0.2) is 11.3 Å². The quantitative estimate of drug-likeness (QED) is 0.544. The highest BCUT2D eigenvalue weighted by atomic mass is 16.2. The Hall–Kier alpha value is -2.25. The Kier molecular flexibility index (Phi) is 2.16. The van der Waals surface area contributed by atoms with E-state index in [1.165, 1.54) is 0 Å². The number of nitrogens with zero attached hydrogens (tertiary/aromatic N) is 4. The second kappa shape index (κ2) is 3.48. The minimum Gasteiger partial charge on any atom is -0.288 e. The van der Waals surface area contributed by atoms with Gasteiger partial charge in [-0.25, -0.2) is 9.98 Å². The van der Waals surface area contributed by atoms with Crippen LogP contribution < -0.4 is 10.6 Å². The Morgan fingerprint density at radius 2 is 2.07 bits per heavy atom. The van der Waals surface area contributed by atoms with E-state index >= 15 is 0 Å². The Morgan fingerprint density at radius 1 is 1.40 bits per heavy atom. The van der Waals surface area contributed by atoms with Crippen LogP contribution in [0.2, 0.25) is 0 Å². The standard InChI is InChI=1S/C7H8N6O2/c1-13-3-9-4(12-13)2-8-7-10-5(14)6(15)11-7/h3H,2H2,1H3,(H2,8,10,11,14,15). The number of carbonyl (C=O) groups is 2. The first-order valence-corrected chi connectivity index (χ1v) is 4.16. The minimum atomic E-state index is -0.706. The smallest absolute Gasteiger partial charge is 0.288 e. The van der Waals surface area contributed by atoms with Gasteiger partial charge in [0.05, 0.1) is 0 Å². The lowest BCUT2D eigenvalue weighted by Gasteiger charge is -1.93. The summed E-state index contributed by atoms with van der Waals surface area (Å²) in [6, 6.07) is 0. The van der Waals surface area contributed by atoms with Gasteiger partial charge in [0.1, 0.15) is 12.9 Å². The largest absolute Gasteiger partial charge is 0.316 e. The van der Waals surface area contributed by atoms with Crippen molar-refractivity contribution < 1.29 is 9.59 Å². The van der Waals surface area contributed by atoms with Gasteiger partial charge < -0.3 is 0 Å². The summed E-state index contributed by atoms with van der Waals surface area (Å²) in [6.45, 7) is 0.205. The first-order chi connectivity index (χ1) is 7.15. The average molecular weight is 208 g/mol. The number of hydrogen-bond donors (Lipinski definition) is 2. The van der Waals surface area contributed by atoms with E-state index in [1.54, 1.807) is 18.1 Å². The summed E-state index contributed by atoms with van der Waals surface area (Å²) in [5, 5.41) is 8.52. The summed E-state index contributed by atoms with van der Waals surface area (Å²) in [5.74, 6) is -0.761. The molecule has 0 aromatic carbocycles. The second-order valence-electron chi connectivity index (χ2n) is 2.91. The van der Waals surface area contributed by atoms with Gasteiger partial charge >= 0.3 is 11.8 Å². The normalized spacial score (nSPS) is 15.1. The monoisotopic (exact) mass is 208 g/mol. The predicted octanol–water partition coefficient (Wildman–Crippen LogP) is -2.08. The molecule has 1 aliphatic rings. The Labute approximate surface area is 84.4 Å². The fourth-order valence-electron chi connectivity index (χ4n) is 1.05. The molecule has 8 heteroatoms. The number of nitrogens with one attached hydrogen (secondary N) is 2. The Balaban J connectivity index is 2.01. The van der Waals surface area contributed by atoms with Crippen molar-refractivity contribution in [2.75, 3.05) is 0 Å². The summed E-state index contributed by atoms with van der Waals surface area (Å²) < 4.78 is 1.54. The maximum absolute atomic E-state index is 10.8. The third kappa shape index (κ3) is 1.98. The molecule has 0 radical (unpaired) electrons. The van der Waals surface area contributed by atoms with Gasteiger partial charge in [-0.15, -0.1) is 0 Å². The van der Waals surface area contributed by atoms with Crippen LogP contribution >= 0.6 is 0 Å². The number of aliphatic imine (C=N–C) groups is 1. The summed E-state index contributed by atoms with van der Waals surface area (Å²) >= 11 is 0. The van der Waals surface area contributed by atoms with Gasteiger partial charge in [0.25, 0.3) is 0 Å². The molecular weight excluding hydrogens is 200 g/mol. The van der Waals surface area contributed by atoms with E-state index in [4.69, 9.17) is 0 Å². The van der Waals surface area contributed by atoms with E-state index in [2.05, 4.69) is 25.7 Å². The fraction of sp³-hybridized carbons (Fsp3) is 0.286. The molecule has 2 N–H and O–H groups in total. The lowest BCUT2D eigenvalue weighted by Crippen LogP contribution is -2.25. The van der Waals surface area contributed by atoms with Crippen LogP contribution in [0.25, 0.3) is 0 Å². The zero-order chi connectivity index (χ0) is 10.8. The summed E-state index contributed by atoms with van der Waals surface area (Å²) in [6.07, 6.45) is 1.54. The molecule has 1 aromatic rings. The molecule has 2 heterocycles. The van der Waals surface area contributed by atoms with Gasteiger partial charge in [-0.05, 0) is 0 Å². The first kappa shape index (κ1) is 9.31. The molecule has 0 spiro atoms. The lowest BCUT2D eigenvalue weighted by atomic mass is 10.6. The predicted molar refractivity (Wildman–Crippen MR) is 48.4 cm³/mol. The summed E-state index contributed by atoms with van der Waals surface area (Å²) in [7, 11) is 1.74. The zero-order valence-corrected chi connectivity index (χ0v) is 7.89. The number of aryl methyl sites for hydroxylation is 1. The van der Waals surface area contributed by atoms with E-state index in [1.807, 2.05) is 0 Å². The molecule has 1 aromatic heterocycles. The van der Waals surface area contributed by atoms with Crippen molar-refractivity contribution in [1.29, 1.82) is 0 Å². The summed E-state index contributed by atoms with van der Waals surface area (Å²) in [5.41, 5.74) is 0. The zero-order valence-electron chi connectivity index (χ0n) is 7.89.